The Kier molecular flexibility index (Phi) is 3.25. The normalized spacial score (nSPS) is 10.1. The predicted molar refractivity (Wildman–Crippen MR) is 67.5 cm³/mol. The van der Waals surface area contributed by atoms with Gasteiger partial charge in [0.2, 0.25) is 0 Å². The molecule has 0 spiro atoms. The summed E-state index contributed by atoms with van der Waals surface area (Å²) in [5.74, 6) is 0.865. The first-order chi connectivity index (χ1) is 7.81. The highest BCUT2D eigenvalue weighted by Gasteiger charge is 2.02. The zero-order valence-corrected chi connectivity index (χ0v) is 9.44. The topological polar surface area (TPSA) is 9.23 Å². The molecular formula is C15H15O. The zero-order valence-electron chi connectivity index (χ0n) is 9.44. The van der Waals surface area contributed by atoms with Crippen LogP contribution in [0.5, 0.6) is 5.75 Å². The maximum atomic E-state index is 5.54. The van der Waals surface area contributed by atoms with Crippen LogP contribution < -0.4 is 4.74 Å². The first kappa shape index (κ1) is 10.7. The third-order valence-electron chi connectivity index (χ3n) is 2.47. The summed E-state index contributed by atoms with van der Waals surface area (Å²) in [6.07, 6.45) is 0. The van der Waals surface area contributed by atoms with Crippen molar-refractivity contribution in [1.82, 2.24) is 0 Å². The van der Waals surface area contributed by atoms with Gasteiger partial charge in [0, 0.05) is 0 Å². The van der Waals surface area contributed by atoms with E-state index in [9.17, 15) is 0 Å². The molecule has 0 unspecified atom stereocenters. The first-order valence-electron chi connectivity index (χ1n) is 5.45. The van der Waals surface area contributed by atoms with E-state index < -0.39 is 0 Å². The molecule has 0 amide bonds. The number of hydrogen-bond donors (Lipinski definition) is 0. The van der Waals surface area contributed by atoms with E-state index in [0.29, 0.717) is 6.61 Å². The van der Waals surface area contributed by atoms with Gasteiger partial charge in [-0.25, -0.2) is 0 Å². The zero-order chi connectivity index (χ0) is 11.4. The van der Waals surface area contributed by atoms with Crippen LogP contribution >= 0.6 is 0 Å². The molecule has 0 aliphatic heterocycles. The lowest BCUT2D eigenvalue weighted by molar-refractivity contribution is 0.339. The van der Waals surface area contributed by atoms with Crippen LogP contribution in [-0.4, -0.2) is 6.61 Å². The smallest absolute Gasteiger partial charge is 0.123 e. The summed E-state index contributed by atoms with van der Waals surface area (Å²) in [6, 6.07) is 16.4. The van der Waals surface area contributed by atoms with Gasteiger partial charge in [-0.1, -0.05) is 42.5 Å². The van der Waals surface area contributed by atoms with E-state index in [2.05, 4.69) is 25.1 Å². The molecule has 0 fully saturated rings. The van der Waals surface area contributed by atoms with Gasteiger partial charge in [-0.3, -0.25) is 0 Å². The van der Waals surface area contributed by atoms with Gasteiger partial charge in [0.05, 0.1) is 6.61 Å². The molecule has 0 heterocycles. The number of ether oxygens (including phenoxy) is 1. The Morgan fingerprint density at radius 3 is 2.44 bits per heavy atom. The second-order valence-corrected chi connectivity index (χ2v) is 3.62. The molecule has 1 nitrogen and oxygen atoms in total. The predicted octanol–water partition coefficient (Wildman–Crippen LogP) is 3.93. The minimum Gasteiger partial charge on any atom is -0.494 e. The fourth-order valence-electron chi connectivity index (χ4n) is 1.65. The van der Waals surface area contributed by atoms with Crippen LogP contribution in [0, 0.1) is 6.92 Å². The summed E-state index contributed by atoms with van der Waals surface area (Å²) in [5.41, 5.74) is 3.29. The monoisotopic (exact) mass is 211 g/mol. The second-order valence-electron chi connectivity index (χ2n) is 3.62. The Morgan fingerprint density at radius 2 is 1.75 bits per heavy atom. The second kappa shape index (κ2) is 4.84. The highest BCUT2D eigenvalue weighted by Crippen LogP contribution is 2.26. The summed E-state index contributed by atoms with van der Waals surface area (Å²) in [5, 5.41) is 0. The number of benzene rings is 2. The van der Waals surface area contributed by atoms with Crippen LogP contribution in [0.4, 0.5) is 0 Å². The first-order valence-corrected chi connectivity index (χ1v) is 5.45. The molecule has 0 aliphatic rings. The average molecular weight is 211 g/mol. The Balaban J connectivity index is 2.40. The molecule has 81 valence electrons. The third kappa shape index (κ3) is 2.25. The fraction of sp³-hybridized carbons (Fsp3) is 0.133. The van der Waals surface area contributed by atoms with Crippen LogP contribution in [0.2, 0.25) is 0 Å². The molecule has 0 atom stereocenters. The fourth-order valence-corrected chi connectivity index (χ4v) is 1.65. The molecule has 1 heteroatoms. The van der Waals surface area contributed by atoms with Gasteiger partial charge in [0.15, 0.2) is 0 Å². The molecule has 16 heavy (non-hydrogen) atoms. The largest absolute Gasteiger partial charge is 0.494 e. The molecule has 0 saturated heterocycles. The molecule has 2 aromatic rings. The molecule has 0 bridgehead atoms. The van der Waals surface area contributed by atoms with Crippen molar-refractivity contribution in [2.75, 3.05) is 6.61 Å². The van der Waals surface area contributed by atoms with E-state index >= 15 is 0 Å². The van der Waals surface area contributed by atoms with E-state index in [1.54, 1.807) is 0 Å². The quantitative estimate of drug-likeness (QED) is 0.747. The van der Waals surface area contributed by atoms with Crippen molar-refractivity contribution >= 4 is 0 Å². The minimum absolute atomic E-state index is 0.667. The van der Waals surface area contributed by atoms with Crippen LogP contribution in [-0.2, 0) is 0 Å². The van der Waals surface area contributed by atoms with Crippen LogP contribution in [0.25, 0.3) is 11.1 Å². The SMILES string of the molecule is [CH2]c1ccc(-c2ccccc2)cc1OCC. The molecule has 0 N–H and O–H groups in total. The van der Waals surface area contributed by atoms with E-state index in [0.717, 1.165) is 16.9 Å². The maximum absolute atomic E-state index is 5.54. The molecule has 0 aromatic heterocycles. The minimum atomic E-state index is 0.667. The highest BCUT2D eigenvalue weighted by molar-refractivity contribution is 5.66. The van der Waals surface area contributed by atoms with Gasteiger partial charge in [-0.05, 0) is 36.6 Å². The lowest BCUT2D eigenvalue weighted by Crippen LogP contribution is -1.94. The van der Waals surface area contributed by atoms with Crippen molar-refractivity contribution in [1.29, 1.82) is 0 Å². The van der Waals surface area contributed by atoms with Crippen molar-refractivity contribution in [2.24, 2.45) is 0 Å². The van der Waals surface area contributed by atoms with Gasteiger partial charge in [-0.15, -0.1) is 0 Å². The Labute approximate surface area is 96.7 Å². The van der Waals surface area contributed by atoms with Crippen LogP contribution in [0.3, 0.4) is 0 Å². The van der Waals surface area contributed by atoms with E-state index in [-0.39, 0.29) is 0 Å². The van der Waals surface area contributed by atoms with Gasteiger partial charge < -0.3 is 4.74 Å². The molecule has 2 rings (SSSR count). The number of rotatable bonds is 3. The van der Waals surface area contributed by atoms with E-state index in [1.165, 1.54) is 5.56 Å². The summed E-state index contributed by atoms with van der Waals surface area (Å²) in [7, 11) is 0. The van der Waals surface area contributed by atoms with Crippen molar-refractivity contribution in [3.05, 3.63) is 61.0 Å². The Morgan fingerprint density at radius 1 is 1.00 bits per heavy atom. The molecule has 1 radical (unpaired) electrons. The summed E-state index contributed by atoms with van der Waals surface area (Å²) < 4.78 is 5.54. The molecular weight excluding hydrogens is 196 g/mol. The van der Waals surface area contributed by atoms with E-state index in [4.69, 9.17) is 4.74 Å². The molecule has 0 saturated carbocycles. The maximum Gasteiger partial charge on any atom is 0.123 e. The molecule has 2 aromatic carbocycles. The third-order valence-corrected chi connectivity index (χ3v) is 2.47. The Bertz CT molecular complexity index is 460. The lowest BCUT2D eigenvalue weighted by Gasteiger charge is -2.09. The van der Waals surface area contributed by atoms with Crippen LogP contribution in [0.15, 0.2) is 48.5 Å². The summed E-state index contributed by atoms with van der Waals surface area (Å²) in [6.45, 7) is 6.60. The van der Waals surface area contributed by atoms with Crippen molar-refractivity contribution in [3.63, 3.8) is 0 Å². The van der Waals surface area contributed by atoms with Gasteiger partial charge in [0.25, 0.3) is 0 Å². The summed E-state index contributed by atoms with van der Waals surface area (Å²) in [4.78, 5) is 0. The average Bonchev–Trinajstić information content (AvgIpc) is 2.33. The van der Waals surface area contributed by atoms with Crippen molar-refractivity contribution in [2.45, 2.75) is 6.92 Å². The summed E-state index contributed by atoms with van der Waals surface area (Å²) >= 11 is 0. The van der Waals surface area contributed by atoms with Gasteiger partial charge in [0.1, 0.15) is 5.75 Å². The van der Waals surface area contributed by atoms with Crippen molar-refractivity contribution < 1.29 is 4.74 Å². The van der Waals surface area contributed by atoms with Gasteiger partial charge in [-0.2, -0.15) is 0 Å². The van der Waals surface area contributed by atoms with Crippen molar-refractivity contribution in [3.8, 4) is 16.9 Å². The molecule has 0 aliphatic carbocycles. The standard InChI is InChI=1S/C15H15O/c1-3-16-15-11-14(10-9-12(15)2)13-7-5-4-6-8-13/h4-11H,2-3H2,1H3. The Hall–Kier alpha value is -1.76. The van der Waals surface area contributed by atoms with E-state index in [1.807, 2.05) is 37.3 Å². The van der Waals surface area contributed by atoms with Crippen LogP contribution in [0.1, 0.15) is 12.5 Å². The highest BCUT2D eigenvalue weighted by atomic mass is 16.5. The number of hydrogen-bond acceptors (Lipinski definition) is 1. The lowest BCUT2D eigenvalue weighted by atomic mass is 10.0. The van der Waals surface area contributed by atoms with Gasteiger partial charge >= 0.3 is 0 Å².